The molecule has 0 spiro atoms. The maximum Gasteiger partial charge on any atom is 0.161 e. The topological polar surface area (TPSA) is 41.9 Å². The molecule has 1 fully saturated rings. The minimum absolute atomic E-state index is 0.246. The zero-order chi connectivity index (χ0) is 14.2. The van der Waals surface area contributed by atoms with Gasteiger partial charge in [0, 0.05) is 12.6 Å². The van der Waals surface area contributed by atoms with Crippen molar-refractivity contribution in [2.45, 2.75) is 32.2 Å². The van der Waals surface area contributed by atoms with E-state index in [4.69, 9.17) is 9.47 Å². The molecule has 2 rings (SSSR count). The van der Waals surface area contributed by atoms with Crippen LogP contribution < -0.4 is 9.47 Å². The summed E-state index contributed by atoms with van der Waals surface area (Å²) >= 11 is 0. The zero-order valence-corrected chi connectivity index (χ0v) is 12.3. The number of rotatable bonds is 7. The molecule has 1 aliphatic rings. The summed E-state index contributed by atoms with van der Waals surface area (Å²) in [6.45, 7) is 5.39. The monoisotopic (exact) mass is 279 g/mol. The Balaban J connectivity index is 1.83. The average Bonchev–Trinajstić information content (AvgIpc) is 2.50. The molecular weight excluding hydrogens is 254 g/mol. The predicted molar refractivity (Wildman–Crippen MR) is 79.4 cm³/mol. The van der Waals surface area contributed by atoms with Crippen molar-refractivity contribution >= 4 is 0 Å². The molecule has 1 atom stereocenters. The molecule has 112 valence electrons. The van der Waals surface area contributed by atoms with Gasteiger partial charge >= 0.3 is 0 Å². The fraction of sp³-hybridized carbons (Fsp3) is 0.625. The third-order valence-electron chi connectivity index (χ3n) is 3.74. The first-order valence-electron chi connectivity index (χ1n) is 7.54. The molecule has 4 nitrogen and oxygen atoms in total. The lowest BCUT2D eigenvalue weighted by atomic mass is 10.0. The molecule has 1 N–H and O–H groups in total. The highest BCUT2D eigenvalue weighted by Crippen LogP contribution is 2.26. The number of hydrogen-bond acceptors (Lipinski definition) is 4. The smallest absolute Gasteiger partial charge is 0.161 e. The first-order chi connectivity index (χ1) is 9.85. The van der Waals surface area contributed by atoms with Crippen LogP contribution in [-0.2, 0) is 0 Å². The molecule has 1 aliphatic heterocycles. The summed E-state index contributed by atoms with van der Waals surface area (Å²) in [7, 11) is 0. The fourth-order valence-corrected chi connectivity index (χ4v) is 2.68. The van der Waals surface area contributed by atoms with Gasteiger partial charge in [-0.25, -0.2) is 0 Å². The van der Waals surface area contributed by atoms with Gasteiger partial charge in [0.2, 0.25) is 0 Å². The second-order valence-electron chi connectivity index (χ2n) is 5.10. The molecule has 0 saturated carbocycles. The Hall–Kier alpha value is -1.26. The number of nitrogens with zero attached hydrogens (tertiary/aromatic N) is 1. The van der Waals surface area contributed by atoms with Gasteiger partial charge in [-0.15, -0.1) is 0 Å². The lowest BCUT2D eigenvalue weighted by Crippen LogP contribution is -2.43. The highest BCUT2D eigenvalue weighted by atomic mass is 16.5. The summed E-state index contributed by atoms with van der Waals surface area (Å²) in [6.07, 6.45) is 3.52. The van der Waals surface area contributed by atoms with Gasteiger partial charge in [0.25, 0.3) is 0 Å². The molecule has 1 aromatic carbocycles. The van der Waals surface area contributed by atoms with Crippen LogP contribution in [0.5, 0.6) is 11.5 Å². The highest BCUT2D eigenvalue weighted by Gasteiger charge is 2.21. The average molecular weight is 279 g/mol. The molecular formula is C16H25NO3. The van der Waals surface area contributed by atoms with Gasteiger partial charge in [-0.3, -0.25) is 4.90 Å². The minimum atomic E-state index is 0.246. The van der Waals surface area contributed by atoms with Crippen LogP contribution in [0.2, 0.25) is 0 Å². The first kappa shape index (κ1) is 15.1. The molecule has 1 saturated heterocycles. The van der Waals surface area contributed by atoms with Crippen molar-refractivity contribution in [2.75, 3.05) is 32.9 Å². The Kier molecular flexibility index (Phi) is 6.15. The van der Waals surface area contributed by atoms with Gasteiger partial charge in [-0.1, -0.05) is 18.6 Å². The zero-order valence-electron chi connectivity index (χ0n) is 12.3. The Bertz CT molecular complexity index is 397. The van der Waals surface area contributed by atoms with Crippen molar-refractivity contribution in [2.24, 2.45) is 0 Å². The quantitative estimate of drug-likeness (QED) is 0.831. The second kappa shape index (κ2) is 8.12. The molecule has 0 aliphatic carbocycles. The van der Waals surface area contributed by atoms with E-state index in [0.29, 0.717) is 19.3 Å². The van der Waals surface area contributed by atoms with E-state index in [2.05, 4.69) is 4.90 Å². The van der Waals surface area contributed by atoms with Crippen LogP contribution in [0.25, 0.3) is 0 Å². The van der Waals surface area contributed by atoms with Crippen LogP contribution in [0.3, 0.4) is 0 Å². The van der Waals surface area contributed by atoms with Gasteiger partial charge in [0.15, 0.2) is 11.5 Å². The van der Waals surface area contributed by atoms with E-state index in [9.17, 15) is 5.11 Å². The van der Waals surface area contributed by atoms with Gasteiger partial charge in [-0.05, 0) is 38.4 Å². The summed E-state index contributed by atoms with van der Waals surface area (Å²) in [5, 5.41) is 9.39. The predicted octanol–water partition coefficient (Wildman–Crippen LogP) is 2.31. The SMILES string of the molecule is CCOc1ccccc1OCCN1CCCCC1CO. The minimum Gasteiger partial charge on any atom is -0.490 e. The van der Waals surface area contributed by atoms with Crippen molar-refractivity contribution in [3.8, 4) is 11.5 Å². The van der Waals surface area contributed by atoms with E-state index >= 15 is 0 Å². The van der Waals surface area contributed by atoms with E-state index in [0.717, 1.165) is 31.0 Å². The third kappa shape index (κ3) is 4.12. The number of ether oxygens (including phenoxy) is 2. The molecule has 4 heteroatoms. The molecule has 20 heavy (non-hydrogen) atoms. The van der Waals surface area contributed by atoms with Crippen molar-refractivity contribution < 1.29 is 14.6 Å². The standard InChI is InChI=1S/C16H25NO3/c1-2-19-15-8-3-4-9-16(15)20-12-11-17-10-6-5-7-14(17)13-18/h3-4,8-9,14,18H,2,5-7,10-13H2,1H3. The van der Waals surface area contributed by atoms with Crippen LogP contribution >= 0.6 is 0 Å². The second-order valence-corrected chi connectivity index (χ2v) is 5.10. The first-order valence-corrected chi connectivity index (χ1v) is 7.54. The largest absolute Gasteiger partial charge is 0.490 e. The highest BCUT2D eigenvalue weighted by molar-refractivity contribution is 5.39. The Morgan fingerprint density at radius 2 is 1.95 bits per heavy atom. The number of aliphatic hydroxyl groups excluding tert-OH is 1. The molecule has 0 radical (unpaired) electrons. The number of para-hydroxylation sites is 2. The maximum absolute atomic E-state index is 9.39. The van der Waals surface area contributed by atoms with Crippen molar-refractivity contribution in [1.82, 2.24) is 4.90 Å². The summed E-state index contributed by atoms with van der Waals surface area (Å²) in [4.78, 5) is 2.33. The van der Waals surface area contributed by atoms with E-state index in [1.807, 2.05) is 31.2 Å². The molecule has 0 aromatic heterocycles. The van der Waals surface area contributed by atoms with Crippen LogP contribution in [0.1, 0.15) is 26.2 Å². The molecule has 1 heterocycles. The van der Waals surface area contributed by atoms with Crippen LogP contribution in [0, 0.1) is 0 Å². The summed E-state index contributed by atoms with van der Waals surface area (Å²) in [6, 6.07) is 8.06. The molecule has 1 aromatic rings. The Morgan fingerprint density at radius 3 is 2.65 bits per heavy atom. The van der Waals surface area contributed by atoms with Crippen molar-refractivity contribution in [1.29, 1.82) is 0 Å². The summed E-state index contributed by atoms with van der Waals surface area (Å²) in [5.41, 5.74) is 0. The Labute approximate surface area is 121 Å². The van der Waals surface area contributed by atoms with Crippen LogP contribution in [0.4, 0.5) is 0 Å². The molecule has 0 bridgehead atoms. The number of benzene rings is 1. The Morgan fingerprint density at radius 1 is 1.20 bits per heavy atom. The lowest BCUT2D eigenvalue weighted by molar-refractivity contribution is 0.0768. The van der Waals surface area contributed by atoms with Gasteiger partial charge in [0.1, 0.15) is 6.61 Å². The maximum atomic E-state index is 9.39. The van der Waals surface area contributed by atoms with Gasteiger partial charge in [-0.2, -0.15) is 0 Å². The number of hydrogen-bond donors (Lipinski definition) is 1. The number of piperidine rings is 1. The molecule has 0 amide bonds. The third-order valence-corrected chi connectivity index (χ3v) is 3.74. The van der Waals surface area contributed by atoms with E-state index < -0.39 is 0 Å². The van der Waals surface area contributed by atoms with Crippen LogP contribution in [0.15, 0.2) is 24.3 Å². The van der Waals surface area contributed by atoms with Crippen LogP contribution in [-0.4, -0.2) is 49.0 Å². The van der Waals surface area contributed by atoms with Gasteiger partial charge < -0.3 is 14.6 Å². The van der Waals surface area contributed by atoms with Crippen molar-refractivity contribution in [3.05, 3.63) is 24.3 Å². The van der Waals surface area contributed by atoms with E-state index in [-0.39, 0.29) is 6.61 Å². The van der Waals surface area contributed by atoms with E-state index in [1.54, 1.807) is 0 Å². The normalized spacial score (nSPS) is 19.8. The molecule has 1 unspecified atom stereocenters. The van der Waals surface area contributed by atoms with Crippen molar-refractivity contribution in [3.63, 3.8) is 0 Å². The number of aliphatic hydroxyl groups is 1. The lowest BCUT2D eigenvalue weighted by Gasteiger charge is -2.34. The summed E-state index contributed by atoms with van der Waals surface area (Å²) in [5.74, 6) is 1.60. The van der Waals surface area contributed by atoms with E-state index in [1.165, 1.54) is 12.8 Å². The fourth-order valence-electron chi connectivity index (χ4n) is 2.68. The van der Waals surface area contributed by atoms with Gasteiger partial charge in [0.05, 0.1) is 13.2 Å². The summed E-state index contributed by atoms with van der Waals surface area (Å²) < 4.78 is 11.4. The number of likely N-dealkylation sites (tertiary alicyclic amines) is 1.